The van der Waals surface area contributed by atoms with Crippen LogP contribution in [0.2, 0.25) is 0 Å². The predicted octanol–water partition coefficient (Wildman–Crippen LogP) is -1.00. The second kappa shape index (κ2) is 23.3. The molecule has 2 nitrogen and oxygen atoms in total. The van der Waals surface area contributed by atoms with Crippen LogP contribution < -0.4 is 0 Å². The van der Waals surface area contributed by atoms with Crippen LogP contribution in [0.4, 0.5) is 0 Å². The molecule has 0 unspecified atom stereocenters. The Hall–Kier alpha value is 0.596. The summed E-state index contributed by atoms with van der Waals surface area (Å²) >= 11 is 1.50. The van der Waals surface area contributed by atoms with E-state index in [2.05, 4.69) is 5.38 Å². The van der Waals surface area contributed by atoms with Crippen molar-refractivity contribution in [2.24, 2.45) is 0 Å². The summed E-state index contributed by atoms with van der Waals surface area (Å²) in [5.41, 5.74) is 0. The quantitative estimate of drug-likeness (QED) is 0.383. The number of hydrogen-bond acceptors (Lipinski definition) is 2. The maximum absolute atomic E-state index is 8.40. The van der Waals surface area contributed by atoms with Gasteiger partial charge in [-0.1, -0.05) is 0 Å². The fourth-order valence-electron chi connectivity index (χ4n) is 0. The zero-order chi connectivity index (χ0) is 4.71. The van der Waals surface area contributed by atoms with Gasteiger partial charge in [-0.2, -0.15) is 0 Å². The summed E-state index contributed by atoms with van der Waals surface area (Å²) in [4.78, 5) is 0. The van der Waals surface area contributed by atoms with Gasteiger partial charge in [0.05, 0.1) is 0 Å². The molecule has 0 amide bonds. The molecule has 23 valence electrons. The van der Waals surface area contributed by atoms with Gasteiger partial charge in [-0.15, -0.1) is 0 Å². The van der Waals surface area contributed by atoms with E-state index in [1.807, 2.05) is 0 Å². The van der Waals surface area contributed by atoms with Gasteiger partial charge in [0.15, 0.2) is 0 Å². The third kappa shape index (κ3) is 87.2. The van der Waals surface area contributed by atoms with Gasteiger partial charge in [0.25, 0.3) is 0 Å². The van der Waals surface area contributed by atoms with Crippen LogP contribution in [0, 0.1) is 0 Å². The van der Waals surface area contributed by atoms with Crippen molar-refractivity contribution in [1.29, 1.82) is 0 Å². The molecule has 0 aliphatic rings. The first kappa shape index (κ1) is 9.14. The van der Waals surface area contributed by atoms with E-state index in [0.717, 1.165) is 0 Å². The van der Waals surface area contributed by atoms with Crippen molar-refractivity contribution in [2.45, 2.75) is 0 Å². The molecule has 5 heteroatoms. The van der Waals surface area contributed by atoms with E-state index in [1.165, 1.54) is 19.5 Å². The Morgan fingerprint density at radius 3 is 1.40 bits per heavy atom. The topological polar surface area (TPSA) is 34.1 Å². The number of hydrogen-bond donors (Lipinski definition) is 0. The molecule has 0 bridgehead atoms. The fraction of sp³-hybridized carbons (Fsp3) is 0. The molecule has 0 aromatic rings. The molecule has 0 N–H and O–H groups in total. The Kier molecular flexibility index (Phi) is 42.7. The molecule has 0 aliphatic carbocycles. The molecule has 0 aromatic heterocycles. The zero-order valence-electron chi connectivity index (χ0n) is 2.39. The van der Waals surface area contributed by atoms with Crippen LogP contribution in [0.15, 0.2) is 0 Å². The van der Waals surface area contributed by atoms with Crippen LogP contribution in [0.5, 0.6) is 0 Å². The van der Waals surface area contributed by atoms with Crippen LogP contribution in [0.3, 0.4) is 0 Å². The van der Waals surface area contributed by atoms with Crippen molar-refractivity contribution in [1.82, 2.24) is 0 Å². The van der Waals surface area contributed by atoms with Gasteiger partial charge in [0.2, 0.25) is 0 Å². The summed E-state index contributed by atoms with van der Waals surface area (Å²) < 4.78 is 16.8. The summed E-state index contributed by atoms with van der Waals surface area (Å²) in [5.74, 6) is 0. The first-order chi connectivity index (χ1) is 2.41. The maximum atomic E-state index is 8.40. The van der Waals surface area contributed by atoms with Crippen LogP contribution >= 0.6 is 0 Å². The fourth-order valence-corrected chi connectivity index (χ4v) is 0. The van der Waals surface area contributed by atoms with E-state index in [-0.39, 0.29) is 0 Å². The summed E-state index contributed by atoms with van der Waals surface area (Å²) in [5, 5.41) is 4.50. The average molecular weight is 119 g/mol. The minimum atomic E-state index is -1.42. The van der Waals surface area contributed by atoms with Crippen molar-refractivity contribution < 1.29 is 28.5 Å². The molecule has 0 heterocycles. The molecule has 0 spiro atoms. The Morgan fingerprint density at radius 2 is 1.40 bits per heavy atom. The van der Waals surface area contributed by atoms with Gasteiger partial charge < -0.3 is 0 Å². The second-order valence-corrected chi connectivity index (χ2v) is 0.250. The molecule has 0 aliphatic heterocycles. The molecule has 0 saturated heterocycles. The second-order valence-electron chi connectivity index (χ2n) is 0.0833. The predicted molar refractivity (Wildman–Crippen MR) is 12.9 cm³/mol. The first-order valence-electron chi connectivity index (χ1n) is 0.697. The van der Waals surface area contributed by atoms with E-state index in [1.54, 1.807) is 0 Å². The summed E-state index contributed by atoms with van der Waals surface area (Å²) in [6.07, 6.45) is 0. The molecule has 0 radical (unpaired) electrons. The third-order valence-electron chi connectivity index (χ3n) is 0. The van der Waals surface area contributed by atoms with Crippen molar-refractivity contribution in [3.63, 3.8) is 0 Å². The molecule has 0 aromatic carbocycles. The first-order valence-corrected chi connectivity index (χ1v) is 2.41. The molecular weight excluding hydrogens is 119 g/mol. The van der Waals surface area contributed by atoms with Crippen LogP contribution in [-0.2, 0) is 28.5 Å². The average Bonchev–Trinajstić information content (AvgIpc) is 1.46. The van der Waals surface area contributed by atoms with Gasteiger partial charge in [-0.05, 0) is 0 Å². The van der Waals surface area contributed by atoms with Gasteiger partial charge >= 0.3 is 34.2 Å². The van der Waals surface area contributed by atoms with Gasteiger partial charge in [-0.3, -0.25) is 8.92 Å². The van der Waals surface area contributed by atoms with Crippen LogP contribution in [0.25, 0.3) is 0 Å². The van der Waals surface area contributed by atoms with E-state index >= 15 is 0 Å². The van der Waals surface area contributed by atoms with Gasteiger partial charge in [0.1, 0.15) is 0 Å². The van der Waals surface area contributed by atoms with E-state index in [4.69, 9.17) is 8.92 Å². The summed E-state index contributed by atoms with van der Waals surface area (Å²) in [7, 11) is -1.42. The van der Waals surface area contributed by atoms with E-state index in [9.17, 15) is 0 Å². The van der Waals surface area contributed by atoms with Gasteiger partial charge in [-0.25, -0.2) is 0 Å². The van der Waals surface area contributed by atoms with Crippen molar-refractivity contribution in [3.8, 4) is 0 Å². The Bertz CT molecular complexity index is 51.9. The zero-order valence-corrected chi connectivity index (χ0v) is 4.96. The van der Waals surface area contributed by atoms with Crippen LogP contribution in [-0.4, -0.2) is 14.7 Å². The monoisotopic (exact) mass is 119 g/mol. The minimum absolute atomic E-state index is 1.42. The Labute approximate surface area is 43.5 Å². The van der Waals surface area contributed by atoms with E-state index in [0.29, 0.717) is 0 Å². The summed E-state index contributed by atoms with van der Waals surface area (Å²) in [6.45, 7) is 0. The molecule has 5 heavy (non-hydrogen) atoms. The molecular formula is BO2SiTi. The SMILES string of the molecule is O=[Si]=O.[B]#[Ti]. The molecule has 0 fully saturated rings. The summed E-state index contributed by atoms with van der Waals surface area (Å²) in [6, 6.07) is 0. The number of rotatable bonds is 0. The Morgan fingerprint density at radius 1 is 1.40 bits per heavy atom. The molecule has 0 saturated carbocycles. The molecule has 0 rings (SSSR count). The van der Waals surface area contributed by atoms with E-state index < -0.39 is 9.29 Å². The Balaban J connectivity index is 0. The van der Waals surface area contributed by atoms with Crippen LogP contribution in [0.1, 0.15) is 0 Å². The third-order valence-corrected chi connectivity index (χ3v) is 0. The standard InChI is InChI=1S/B.O2Si.Ti/c;1-3-2;. The van der Waals surface area contributed by atoms with Crippen molar-refractivity contribution >= 4 is 14.7 Å². The van der Waals surface area contributed by atoms with Crippen molar-refractivity contribution in [3.05, 3.63) is 0 Å². The normalized spacial score (nSPS) is 3.20. The molecule has 0 atom stereocenters. The van der Waals surface area contributed by atoms with Crippen molar-refractivity contribution in [2.75, 3.05) is 0 Å². The van der Waals surface area contributed by atoms with Gasteiger partial charge in [0, 0.05) is 0 Å².